The Labute approximate surface area is 145 Å². The Morgan fingerprint density at radius 1 is 0.875 bits per heavy atom. The highest BCUT2D eigenvalue weighted by molar-refractivity contribution is 6.61. The van der Waals surface area contributed by atoms with Gasteiger partial charge in [0.15, 0.2) is 0 Å². The number of rotatable bonds is 6. The molecular weight excluding hydrogens is 316 g/mol. The van der Waals surface area contributed by atoms with Crippen molar-refractivity contribution in [3.8, 4) is 0 Å². The second kappa shape index (κ2) is 7.62. The Kier molecular flexibility index (Phi) is 5.51. The lowest BCUT2D eigenvalue weighted by atomic mass is 9.83. The van der Waals surface area contributed by atoms with Crippen molar-refractivity contribution in [3.63, 3.8) is 0 Å². The van der Waals surface area contributed by atoms with Gasteiger partial charge in [-0.15, -0.1) is 0 Å². The third kappa shape index (κ3) is 3.33. The first-order valence-corrected chi connectivity index (χ1v) is 10.8. The zero-order chi connectivity index (χ0) is 16.9. The molecule has 1 heterocycles. The van der Waals surface area contributed by atoms with Crippen LogP contribution in [0.3, 0.4) is 0 Å². The topological polar surface area (TPSA) is 27.7 Å². The van der Waals surface area contributed by atoms with E-state index < -0.39 is 14.4 Å². The molecule has 0 amide bonds. The quantitative estimate of drug-likeness (QED) is 0.709. The smallest absolute Gasteiger partial charge is 0.374 e. The third-order valence-corrected chi connectivity index (χ3v) is 7.63. The van der Waals surface area contributed by atoms with Crippen molar-refractivity contribution in [1.82, 2.24) is 0 Å². The van der Waals surface area contributed by atoms with Crippen molar-refractivity contribution in [1.29, 1.82) is 0 Å². The van der Waals surface area contributed by atoms with E-state index in [9.17, 15) is 0 Å². The summed E-state index contributed by atoms with van der Waals surface area (Å²) in [6.07, 6.45) is 1.98. The first-order chi connectivity index (χ1) is 11.7. The van der Waals surface area contributed by atoms with E-state index >= 15 is 0 Å². The second-order valence-corrected chi connectivity index (χ2v) is 8.71. The molecule has 0 aromatic heterocycles. The Hall–Kier alpha value is -1.46. The first kappa shape index (κ1) is 17.4. The normalized spacial score (nSPS) is 19.1. The fraction of sp³-hybridized carbons (Fsp3) is 0.400. The summed E-state index contributed by atoms with van der Waals surface area (Å²) in [6, 6.07) is 21.9. The van der Waals surface area contributed by atoms with Gasteiger partial charge in [0.25, 0.3) is 0 Å². The van der Waals surface area contributed by atoms with Gasteiger partial charge in [0.05, 0.1) is 0 Å². The van der Waals surface area contributed by atoms with Gasteiger partial charge in [0.2, 0.25) is 0 Å². The molecule has 3 rings (SSSR count). The first-order valence-electron chi connectivity index (χ1n) is 8.84. The van der Waals surface area contributed by atoms with Gasteiger partial charge in [-0.05, 0) is 37.8 Å². The van der Waals surface area contributed by atoms with Crippen LogP contribution in [0.25, 0.3) is 0 Å². The van der Waals surface area contributed by atoms with Crippen molar-refractivity contribution in [2.45, 2.75) is 38.3 Å². The monoisotopic (exact) mass is 342 g/mol. The molecule has 3 nitrogen and oxygen atoms in total. The van der Waals surface area contributed by atoms with E-state index in [2.05, 4.69) is 48.5 Å². The maximum absolute atomic E-state index is 6.81. The third-order valence-electron chi connectivity index (χ3n) is 4.55. The van der Waals surface area contributed by atoms with Gasteiger partial charge in [0.1, 0.15) is 5.60 Å². The van der Waals surface area contributed by atoms with Crippen molar-refractivity contribution in [3.05, 3.63) is 71.8 Å². The molecule has 4 heteroatoms. The zero-order valence-electron chi connectivity index (χ0n) is 14.5. The van der Waals surface area contributed by atoms with Crippen LogP contribution in [-0.4, -0.2) is 22.0 Å². The molecule has 1 aliphatic heterocycles. The standard InChI is InChI=1S/C20H26O3Si/c1-3-21-24(22-4-2)17-11-16-20(23-24,18-12-7-5-8-13-18)19-14-9-6-10-15-19/h5-10,12-15H,3-4,11,16-17H2,1-2H3. The van der Waals surface area contributed by atoms with Gasteiger partial charge < -0.3 is 13.3 Å². The van der Waals surface area contributed by atoms with Gasteiger partial charge >= 0.3 is 8.80 Å². The zero-order valence-corrected chi connectivity index (χ0v) is 15.5. The van der Waals surface area contributed by atoms with Crippen LogP contribution >= 0.6 is 0 Å². The molecule has 1 aliphatic rings. The Morgan fingerprint density at radius 3 is 1.83 bits per heavy atom. The Morgan fingerprint density at radius 2 is 1.38 bits per heavy atom. The minimum absolute atomic E-state index is 0.489. The molecule has 2 aromatic rings. The van der Waals surface area contributed by atoms with Crippen LogP contribution < -0.4 is 0 Å². The van der Waals surface area contributed by atoms with Crippen molar-refractivity contribution >= 4 is 8.80 Å². The van der Waals surface area contributed by atoms with Gasteiger partial charge in [0, 0.05) is 19.3 Å². The van der Waals surface area contributed by atoms with E-state index in [1.165, 1.54) is 11.1 Å². The van der Waals surface area contributed by atoms with E-state index in [-0.39, 0.29) is 0 Å². The summed E-state index contributed by atoms with van der Waals surface area (Å²) < 4.78 is 19.0. The van der Waals surface area contributed by atoms with Crippen LogP contribution in [0, 0.1) is 0 Å². The summed E-state index contributed by atoms with van der Waals surface area (Å²) in [6.45, 7) is 5.26. The predicted octanol–water partition coefficient (Wildman–Crippen LogP) is 4.75. The van der Waals surface area contributed by atoms with E-state index in [0.717, 1.165) is 18.9 Å². The Balaban J connectivity index is 2.08. The lowest BCUT2D eigenvalue weighted by molar-refractivity contribution is -0.0324. The molecule has 0 aliphatic carbocycles. The minimum Gasteiger partial charge on any atom is -0.374 e. The summed E-state index contributed by atoms with van der Waals surface area (Å²) in [7, 11) is -2.68. The highest BCUT2D eigenvalue weighted by atomic mass is 28.4. The van der Waals surface area contributed by atoms with E-state index in [0.29, 0.717) is 13.2 Å². The van der Waals surface area contributed by atoms with Crippen LogP contribution in [0.4, 0.5) is 0 Å². The maximum atomic E-state index is 6.81. The van der Waals surface area contributed by atoms with Gasteiger partial charge in [-0.1, -0.05) is 60.7 Å². The molecule has 0 radical (unpaired) electrons. The average Bonchev–Trinajstić information content (AvgIpc) is 2.64. The lowest BCUT2D eigenvalue weighted by Gasteiger charge is -2.46. The highest BCUT2D eigenvalue weighted by Crippen LogP contribution is 2.46. The fourth-order valence-electron chi connectivity index (χ4n) is 3.59. The molecule has 0 unspecified atom stereocenters. The number of hydrogen-bond acceptors (Lipinski definition) is 3. The molecule has 1 saturated heterocycles. The molecule has 0 bridgehead atoms. The molecule has 0 saturated carbocycles. The number of benzene rings is 2. The molecule has 1 fully saturated rings. The maximum Gasteiger partial charge on any atom is 0.501 e. The molecule has 0 spiro atoms. The summed E-state index contributed by atoms with van der Waals surface area (Å²) in [5, 5.41) is 0. The fourth-order valence-corrected chi connectivity index (χ4v) is 6.54. The van der Waals surface area contributed by atoms with Crippen molar-refractivity contribution < 1.29 is 13.3 Å². The molecular formula is C20H26O3Si. The van der Waals surface area contributed by atoms with Crippen molar-refractivity contribution in [2.24, 2.45) is 0 Å². The summed E-state index contributed by atoms with van der Waals surface area (Å²) in [5.74, 6) is 0. The van der Waals surface area contributed by atoms with E-state index in [1.807, 2.05) is 26.0 Å². The summed E-state index contributed by atoms with van der Waals surface area (Å²) in [4.78, 5) is 0. The predicted molar refractivity (Wildman–Crippen MR) is 97.8 cm³/mol. The summed E-state index contributed by atoms with van der Waals surface area (Å²) in [5.41, 5.74) is 1.86. The van der Waals surface area contributed by atoms with Crippen LogP contribution in [0.2, 0.25) is 6.04 Å². The van der Waals surface area contributed by atoms with Gasteiger partial charge in [-0.25, -0.2) is 0 Å². The van der Waals surface area contributed by atoms with Crippen LogP contribution in [0.5, 0.6) is 0 Å². The highest BCUT2D eigenvalue weighted by Gasteiger charge is 2.53. The molecule has 128 valence electrons. The minimum atomic E-state index is -2.68. The largest absolute Gasteiger partial charge is 0.501 e. The average molecular weight is 343 g/mol. The van der Waals surface area contributed by atoms with Crippen LogP contribution in [0.1, 0.15) is 37.8 Å². The van der Waals surface area contributed by atoms with E-state index in [1.54, 1.807) is 0 Å². The second-order valence-electron chi connectivity index (χ2n) is 6.06. The summed E-state index contributed by atoms with van der Waals surface area (Å²) >= 11 is 0. The SMILES string of the molecule is CCO[Si]1(OCC)CCCC(c2ccccc2)(c2ccccc2)O1. The van der Waals surface area contributed by atoms with Crippen molar-refractivity contribution in [2.75, 3.05) is 13.2 Å². The van der Waals surface area contributed by atoms with Crippen LogP contribution in [-0.2, 0) is 18.9 Å². The molecule has 24 heavy (non-hydrogen) atoms. The van der Waals surface area contributed by atoms with E-state index in [4.69, 9.17) is 13.3 Å². The number of hydrogen-bond donors (Lipinski definition) is 0. The van der Waals surface area contributed by atoms with Crippen LogP contribution in [0.15, 0.2) is 60.7 Å². The molecule has 2 aromatic carbocycles. The lowest BCUT2D eigenvalue weighted by Crippen LogP contribution is -2.55. The molecule has 0 N–H and O–H groups in total. The molecule has 0 atom stereocenters. The Bertz CT molecular complexity index is 579. The van der Waals surface area contributed by atoms with Gasteiger partial charge in [-0.2, -0.15) is 0 Å². The van der Waals surface area contributed by atoms with Gasteiger partial charge in [-0.3, -0.25) is 0 Å².